The van der Waals surface area contributed by atoms with E-state index in [2.05, 4.69) is 5.32 Å². The number of carbonyl (C=O) groups excluding carboxylic acids is 1. The number of rotatable bonds is 5. The van der Waals surface area contributed by atoms with E-state index in [0.717, 1.165) is 3.57 Å². The van der Waals surface area contributed by atoms with Crippen LogP contribution in [0, 0.1) is 3.57 Å². The molecule has 3 N–H and O–H groups in total. The van der Waals surface area contributed by atoms with E-state index >= 15 is 0 Å². The third-order valence-corrected chi connectivity index (χ3v) is 3.34. The van der Waals surface area contributed by atoms with Crippen LogP contribution in [0.4, 0.5) is 0 Å². The highest BCUT2D eigenvalue weighted by atomic mass is 127. The summed E-state index contributed by atoms with van der Waals surface area (Å²) in [5, 5.41) is 20.5. The molecule has 0 fully saturated rings. The predicted molar refractivity (Wildman–Crippen MR) is 74.8 cm³/mol. The molecule has 0 spiro atoms. The van der Waals surface area contributed by atoms with Crippen molar-refractivity contribution in [3.05, 3.63) is 32.4 Å². The lowest BCUT2D eigenvalue weighted by Gasteiger charge is -2.08. The lowest BCUT2D eigenvalue weighted by atomic mass is 10.2. The molecule has 0 bridgehead atoms. The minimum Gasteiger partial charge on any atom is -0.479 e. The number of amides is 1. The van der Waals surface area contributed by atoms with Crippen molar-refractivity contribution < 1.29 is 19.8 Å². The molecule has 1 aromatic rings. The normalized spacial score (nSPS) is 11.9. The molecule has 0 aromatic heterocycles. The molecule has 1 amide bonds. The molecule has 1 atom stereocenters. The van der Waals surface area contributed by atoms with Gasteiger partial charge in [-0.2, -0.15) is 0 Å². The summed E-state index contributed by atoms with van der Waals surface area (Å²) in [6, 6.07) is 4.92. The van der Waals surface area contributed by atoms with E-state index in [9.17, 15) is 9.59 Å². The first kappa shape index (κ1) is 15.2. The summed E-state index contributed by atoms with van der Waals surface area (Å²) in [5.41, 5.74) is 0.424. The highest BCUT2D eigenvalue weighted by Crippen LogP contribution is 2.17. The van der Waals surface area contributed by atoms with Gasteiger partial charge in [-0.15, -0.1) is 0 Å². The van der Waals surface area contributed by atoms with Gasteiger partial charge in [0.25, 0.3) is 5.91 Å². The van der Waals surface area contributed by atoms with Gasteiger partial charge >= 0.3 is 5.97 Å². The number of hydrogen-bond donors (Lipinski definition) is 3. The van der Waals surface area contributed by atoms with Crippen LogP contribution in [0.3, 0.4) is 0 Å². The van der Waals surface area contributed by atoms with Gasteiger partial charge in [0.1, 0.15) is 0 Å². The molecule has 0 aliphatic heterocycles. The topological polar surface area (TPSA) is 86.6 Å². The van der Waals surface area contributed by atoms with Crippen LogP contribution in [-0.4, -0.2) is 34.7 Å². The first-order chi connectivity index (χ1) is 8.41. The number of carboxylic acids is 1. The van der Waals surface area contributed by atoms with Crippen LogP contribution < -0.4 is 5.32 Å². The first-order valence-corrected chi connectivity index (χ1v) is 6.51. The van der Waals surface area contributed by atoms with Gasteiger partial charge in [0.05, 0.1) is 5.56 Å². The lowest BCUT2D eigenvalue weighted by Crippen LogP contribution is -2.30. The fourth-order valence-electron chi connectivity index (χ4n) is 1.21. The Kier molecular flexibility index (Phi) is 5.83. The number of halogens is 2. The highest BCUT2D eigenvalue weighted by Gasteiger charge is 2.14. The number of aliphatic hydroxyl groups excluding tert-OH is 1. The molecule has 0 radical (unpaired) electrons. The van der Waals surface area contributed by atoms with Gasteiger partial charge in [0.2, 0.25) is 0 Å². The number of nitrogens with one attached hydrogen (secondary N) is 1. The van der Waals surface area contributed by atoms with Crippen LogP contribution in [0.2, 0.25) is 5.02 Å². The first-order valence-electron chi connectivity index (χ1n) is 5.06. The van der Waals surface area contributed by atoms with E-state index in [1.54, 1.807) is 12.1 Å². The quantitative estimate of drug-likeness (QED) is 0.673. The minimum atomic E-state index is -1.47. The molecule has 7 heteroatoms. The van der Waals surface area contributed by atoms with Gasteiger partial charge < -0.3 is 15.5 Å². The number of hydrogen-bond acceptors (Lipinski definition) is 3. The number of aliphatic carboxylic acids is 1. The molecule has 1 rings (SSSR count). The zero-order valence-electron chi connectivity index (χ0n) is 9.19. The van der Waals surface area contributed by atoms with E-state index in [4.69, 9.17) is 21.8 Å². The van der Waals surface area contributed by atoms with Crippen LogP contribution in [0.25, 0.3) is 0 Å². The Balaban J connectivity index is 2.55. The summed E-state index contributed by atoms with van der Waals surface area (Å²) in [4.78, 5) is 22.1. The highest BCUT2D eigenvalue weighted by molar-refractivity contribution is 14.1. The lowest BCUT2D eigenvalue weighted by molar-refractivity contribution is -0.146. The maximum absolute atomic E-state index is 11.8. The summed E-state index contributed by atoms with van der Waals surface area (Å²) in [7, 11) is 0. The molecule has 0 aliphatic carbocycles. The Hall–Kier alpha value is -0.860. The molecule has 1 aromatic carbocycles. The fourth-order valence-corrected chi connectivity index (χ4v) is 1.97. The van der Waals surface area contributed by atoms with Crippen molar-refractivity contribution >= 4 is 46.1 Å². The van der Waals surface area contributed by atoms with Crippen molar-refractivity contribution in [3.63, 3.8) is 0 Å². The second-order valence-electron chi connectivity index (χ2n) is 3.52. The molecule has 5 nitrogen and oxygen atoms in total. The second-order valence-corrected chi connectivity index (χ2v) is 5.12. The third kappa shape index (κ3) is 4.43. The monoisotopic (exact) mass is 383 g/mol. The Morgan fingerprint density at radius 3 is 2.72 bits per heavy atom. The van der Waals surface area contributed by atoms with Crippen LogP contribution in [0.5, 0.6) is 0 Å². The summed E-state index contributed by atoms with van der Waals surface area (Å²) in [6.07, 6.45) is -1.51. The Labute approximate surface area is 122 Å². The van der Waals surface area contributed by atoms with Gasteiger partial charge in [-0.05, 0) is 40.8 Å². The Morgan fingerprint density at radius 1 is 1.44 bits per heavy atom. The van der Waals surface area contributed by atoms with Gasteiger partial charge in [0, 0.05) is 21.6 Å². The average molecular weight is 384 g/mol. The minimum absolute atomic E-state index is 0.0434. The second kappa shape index (κ2) is 6.91. The van der Waals surface area contributed by atoms with E-state index in [0.29, 0.717) is 10.6 Å². The summed E-state index contributed by atoms with van der Waals surface area (Å²) < 4.78 is 0.744. The van der Waals surface area contributed by atoms with Gasteiger partial charge in [0.15, 0.2) is 6.10 Å². The van der Waals surface area contributed by atoms with Crippen LogP contribution in [-0.2, 0) is 4.79 Å². The average Bonchev–Trinajstić information content (AvgIpc) is 2.31. The third-order valence-electron chi connectivity index (χ3n) is 2.16. The molecule has 0 saturated carbocycles. The maximum Gasteiger partial charge on any atom is 0.332 e. The van der Waals surface area contributed by atoms with Crippen molar-refractivity contribution in [2.45, 2.75) is 12.5 Å². The van der Waals surface area contributed by atoms with Gasteiger partial charge in [-0.25, -0.2) is 4.79 Å². The van der Waals surface area contributed by atoms with E-state index in [1.165, 1.54) is 6.07 Å². The fraction of sp³-hybridized carbons (Fsp3) is 0.273. The molecule has 0 unspecified atom stereocenters. The maximum atomic E-state index is 11.8. The molecule has 0 aliphatic rings. The number of carbonyl (C=O) groups is 2. The number of aliphatic hydroxyl groups is 1. The summed E-state index contributed by atoms with van der Waals surface area (Å²) >= 11 is 7.79. The summed E-state index contributed by atoms with van der Waals surface area (Å²) in [6.45, 7) is 0.0783. The standard InChI is InChI=1S/C11H11ClINO4/c12-6-1-2-8(13)7(5-6)10(16)14-4-3-9(15)11(17)18/h1-2,5,9,15H,3-4H2,(H,14,16)(H,17,18)/t9-/m0/s1. The van der Waals surface area contributed by atoms with E-state index in [1.807, 2.05) is 22.6 Å². The number of carboxylic acid groups (broad SMARTS) is 1. The van der Waals surface area contributed by atoms with E-state index in [-0.39, 0.29) is 18.9 Å². The number of benzene rings is 1. The zero-order chi connectivity index (χ0) is 13.7. The van der Waals surface area contributed by atoms with Crippen molar-refractivity contribution in [1.29, 1.82) is 0 Å². The molecular formula is C11H11ClINO4. The molecular weight excluding hydrogens is 372 g/mol. The molecule has 98 valence electrons. The largest absolute Gasteiger partial charge is 0.479 e. The van der Waals surface area contributed by atoms with Gasteiger partial charge in [-0.3, -0.25) is 4.79 Å². The Morgan fingerprint density at radius 2 is 2.11 bits per heavy atom. The van der Waals surface area contributed by atoms with Gasteiger partial charge in [-0.1, -0.05) is 11.6 Å². The van der Waals surface area contributed by atoms with Crippen molar-refractivity contribution in [2.75, 3.05) is 6.54 Å². The van der Waals surface area contributed by atoms with Crippen molar-refractivity contribution in [2.24, 2.45) is 0 Å². The van der Waals surface area contributed by atoms with Crippen molar-refractivity contribution in [1.82, 2.24) is 5.32 Å². The zero-order valence-corrected chi connectivity index (χ0v) is 12.1. The van der Waals surface area contributed by atoms with Crippen LogP contribution >= 0.6 is 34.2 Å². The van der Waals surface area contributed by atoms with Crippen molar-refractivity contribution in [3.8, 4) is 0 Å². The predicted octanol–water partition coefficient (Wildman–Crippen LogP) is 1.51. The molecule has 18 heavy (non-hydrogen) atoms. The van der Waals surface area contributed by atoms with E-state index < -0.39 is 12.1 Å². The van der Waals surface area contributed by atoms with Crippen LogP contribution in [0.1, 0.15) is 16.8 Å². The molecule has 0 saturated heterocycles. The smallest absolute Gasteiger partial charge is 0.332 e. The summed E-state index contributed by atoms with van der Waals surface area (Å²) in [5.74, 6) is -1.65. The van der Waals surface area contributed by atoms with Crippen LogP contribution in [0.15, 0.2) is 18.2 Å². The SMILES string of the molecule is O=C(NCC[C@H](O)C(=O)O)c1cc(Cl)ccc1I. The Bertz CT molecular complexity index is 466. The molecule has 0 heterocycles.